The van der Waals surface area contributed by atoms with Crippen LogP contribution in [0.2, 0.25) is 0 Å². The molecular weight excluding hydrogens is 152 g/mol. The fourth-order valence-corrected chi connectivity index (χ4v) is 0.949. The molecule has 5 nitrogen and oxygen atoms in total. The van der Waals surface area contributed by atoms with Crippen molar-refractivity contribution in [2.75, 3.05) is 6.61 Å². The summed E-state index contributed by atoms with van der Waals surface area (Å²) in [6.45, 7) is 0.538. The molecule has 0 bridgehead atoms. The summed E-state index contributed by atoms with van der Waals surface area (Å²) in [6, 6.07) is 0. The van der Waals surface area contributed by atoms with Crippen LogP contribution in [0.25, 0.3) is 0 Å². The average Bonchev–Trinajstić information content (AvgIpc) is 2.32. The zero-order chi connectivity index (χ0) is 8.43. The van der Waals surface area contributed by atoms with E-state index < -0.39 is 31.0 Å². The molecule has 1 heterocycles. The van der Waals surface area contributed by atoms with Gasteiger partial charge in [0.05, 0.1) is 6.61 Å². The maximum atomic E-state index is 9.08. The van der Waals surface area contributed by atoms with Gasteiger partial charge in [-0.1, -0.05) is 0 Å². The Bertz CT molecular complexity index is 128. The first-order valence-corrected chi connectivity index (χ1v) is 3.30. The van der Waals surface area contributed by atoms with Gasteiger partial charge in [-0.2, -0.15) is 0 Å². The van der Waals surface area contributed by atoms with E-state index in [1.807, 2.05) is 0 Å². The molecule has 0 aromatic heterocycles. The first-order valence-electron chi connectivity index (χ1n) is 3.30. The molecule has 0 saturated carbocycles. The Morgan fingerprint density at radius 2 is 2.09 bits per heavy atom. The van der Waals surface area contributed by atoms with Crippen LogP contribution >= 0.6 is 0 Å². The van der Waals surface area contributed by atoms with Gasteiger partial charge >= 0.3 is 0 Å². The molecule has 1 aliphatic heterocycles. The van der Waals surface area contributed by atoms with Gasteiger partial charge in [0, 0.05) is 0 Å². The molecule has 4 N–H and O–H groups in total. The molecule has 1 rings (SSSR count). The number of aliphatic hydroxyl groups is 4. The number of hydrogen-bond acceptors (Lipinski definition) is 5. The van der Waals surface area contributed by atoms with Crippen molar-refractivity contribution in [2.24, 2.45) is 0 Å². The Balaban J connectivity index is 2.47. The van der Waals surface area contributed by atoms with Crippen molar-refractivity contribution < 1.29 is 25.2 Å². The highest BCUT2D eigenvalue weighted by Crippen LogP contribution is 2.20. The van der Waals surface area contributed by atoms with Crippen molar-refractivity contribution in [1.29, 1.82) is 0 Å². The van der Waals surface area contributed by atoms with Crippen LogP contribution in [0.4, 0.5) is 0 Å². The highest BCUT2D eigenvalue weighted by atomic mass is 16.5. The minimum absolute atomic E-state index is 0.498. The highest BCUT2D eigenvalue weighted by Gasteiger charge is 2.39. The summed E-state index contributed by atoms with van der Waals surface area (Å²) < 4.78 is 4.70. The van der Waals surface area contributed by atoms with Crippen molar-refractivity contribution in [3.8, 4) is 0 Å². The number of hydrogen-bond donors (Lipinski definition) is 4. The summed E-state index contributed by atoms with van der Waals surface area (Å²) in [5.41, 5.74) is 0. The van der Waals surface area contributed by atoms with E-state index in [9.17, 15) is 0 Å². The molecule has 0 amide bonds. The van der Waals surface area contributed by atoms with E-state index in [1.165, 1.54) is 0 Å². The standard InChI is InChI=1S/C6H11O5/c7-1-3(8)6-5(10)4(9)2-11-6/h2-10H,1H2/t3-,4-,5+,6-/m0/s1. The number of ether oxygens (including phenoxy) is 1. The predicted molar refractivity (Wildman–Crippen MR) is 34.3 cm³/mol. The second kappa shape index (κ2) is 3.46. The van der Waals surface area contributed by atoms with E-state index in [-0.39, 0.29) is 0 Å². The van der Waals surface area contributed by atoms with Gasteiger partial charge in [-0.15, -0.1) is 0 Å². The molecule has 1 fully saturated rings. The van der Waals surface area contributed by atoms with E-state index >= 15 is 0 Å². The fraction of sp³-hybridized carbons (Fsp3) is 0.833. The Hall–Kier alpha value is -0.200. The van der Waals surface area contributed by atoms with Crippen molar-refractivity contribution in [1.82, 2.24) is 0 Å². The van der Waals surface area contributed by atoms with E-state index in [2.05, 4.69) is 0 Å². The average molecular weight is 163 g/mol. The van der Waals surface area contributed by atoms with Crippen molar-refractivity contribution >= 4 is 0 Å². The highest BCUT2D eigenvalue weighted by molar-refractivity contribution is 4.93. The van der Waals surface area contributed by atoms with E-state index in [1.54, 1.807) is 0 Å². The van der Waals surface area contributed by atoms with Crippen LogP contribution in [0.5, 0.6) is 0 Å². The molecule has 0 unspecified atom stereocenters. The normalized spacial score (nSPS) is 40.9. The quantitative estimate of drug-likeness (QED) is 0.365. The largest absolute Gasteiger partial charge is 0.394 e. The van der Waals surface area contributed by atoms with Gasteiger partial charge in [0.2, 0.25) is 0 Å². The smallest absolute Gasteiger partial charge is 0.115 e. The molecule has 1 radical (unpaired) electrons. The van der Waals surface area contributed by atoms with Crippen LogP contribution in [0.15, 0.2) is 0 Å². The first-order chi connectivity index (χ1) is 5.16. The fourth-order valence-electron chi connectivity index (χ4n) is 0.949. The predicted octanol–water partition coefficient (Wildman–Crippen LogP) is -2.38. The van der Waals surface area contributed by atoms with Gasteiger partial charge in [-0.05, 0) is 0 Å². The summed E-state index contributed by atoms with van der Waals surface area (Å²) >= 11 is 0. The lowest BCUT2D eigenvalue weighted by molar-refractivity contribution is -0.0636. The molecule has 0 spiro atoms. The summed E-state index contributed by atoms with van der Waals surface area (Å²) in [4.78, 5) is 0. The summed E-state index contributed by atoms with van der Waals surface area (Å²) in [5, 5.41) is 35.4. The van der Waals surface area contributed by atoms with Crippen molar-refractivity contribution in [3.05, 3.63) is 6.61 Å². The van der Waals surface area contributed by atoms with E-state index in [0.717, 1.165) is 6.61 Å². The Kier molecular flexibility index (Phi) is 2.80. The van der Waals surface area contributed by atoms with E-state index in [0.29, 0.717) is 0 Å². The molecule has 0 aromatic rings. The summed E-state index contributed by atoms with van der Waals surface area (Å²) in [6.07, 6.45) is -4.31. The second-order valence-electron chi connectivity index (χ2n) is 2.47. The van der Waals surface area contributed by atoms with Crippen LogP contribution in [0.3, 0.4) is 0 Å². The maximum Gasteiger partial charge on any atom is 0.115 e. The third-order valence-electron chi connectivity index (χ3n) is 1.63. The van der Waals surface area contributed by atoms with Crippen molar-refractivity contribution in [2.45, 2.75) is 24.4 Å². The van der Waals surface area contributed by atoms with Crippen molar-refractivity contribution in [3.63, 3.8) is 0 Å². The number of rotatable bonds is 2. The maximum absolute atomic E-state index is 9.08. The molecule has 1 saturated heterocycles. The first kappa shape index (κ1) is 8.89. The molecular formula is C6H11O5. The SMILES string of the molecule is OC[C@H](O)[C@@H]1O[CH][C@H](O)[C@H]1O. The van der Waals surface area contributed by atoms with Gasteiger partial charge in [0.25, 0.3) is 0 Å². The van der Waals surface area contributed by atoms with Crippen LogP contribution in [-0.4, -0.2) is 51.4 Å². The molecule has 4 atom stereocenters. The van der Waals surface area contributed by atoms with Crippen LogP contribution < -0.4 is 0 Å². The third-order valence-corrected chi connectivity index (χ3v) is 1.63. The van der Waals surface area contributed by atoms with Gasteiger partial charge in [-0.3, -0.25) is 0 Å². The third kappa shape index (κ3) is 1.69. The van der Waals surface area contributed by atoms with Gasteiger partial charge in [-0.25, -0.2) is 0 Å². The van der Waals surface area contributed by atoms with Gasteiger partial charge in [0.1, 0.15) is 31.0 Å². The lowest BCUT2D eigenvalue weighted by Gasteiger charge is -2.18. The molecule has 11 heavy (non-hydrogen) atoms. The summed E-state index contributed by atoms with van der Waals surface area (Å²) in [5.74, 6) is 0. The zero-order valence-corrected chi connectivity index (χ0v) is 5.79. The molecule has 0 aliphatic carbocycles. The van der Waals surface area contributed by atoms with Crippen LogP contribution in [-0.2, 0) is 4.74 Å². The monoisotopic (exact) mass is 163 g/mol. The van der Waals surface area contributed by atoms with Crippen LogP contribution in [0, 0.1) is 6.61 Å². The zero-order valence-electron chi connectivity index (χ0n) is 5.79. The van der Waals surface area contributed by atoms with E-state index in [4.69, 9.17) is 25.2 Å². The molecule has 65 valence electrons. The Labute approximate surface area is 63.8 Å². The molecule has 0 aromatic carbocycles. The Morgan fingerprint density at radius 1 is 1.45 bits per heavy atom. The van der Waals surface area contributed by atoms with Crippen LogP contribution in [0.1, 0.15) is 0 Å². The Morgan fingerprint density at radius 3 is 2.45 bits per heavy atom. The number of aliphatic hydroxyl groups excluding tert-OH is 4. The lowest BCUT2D eigenvalue weighted by Crippen LogP contribution is -2.40. The molecule has 1 aliphatic rings. The van der Waals surface area contributed by atoms with Gasteiger partial charge < -0.3 is 25.2 Å². The van der Waals surface area contributed by atoms with Gasteiger partial charge in [0.15, 0.2) is 0 Å². The summed E-state index contributed by atoms with van der Waals surface area (Å²) in [7, 11) is 0. The minimum atomic E-state index is -1.16. The topological polar surface area (TPSA) is 90.2 Å². The minimum Gasteiger partial charge on any atom is -0.394 e. The second-order valence-corrected chi connectivity index (χ2v) is 2.47. The molecule has 5 heteroatoms. The lowest BCUT2D eigenvalue weighted by atomic mass is 10.1.